The topological polar surface area (TPSA) is 58.6 Å². The second kappa shape index (κ2) is 7.83. The van der Waals surface area contributed by atoms with Gasteiger partial charge in [-0.15, -0.1) is 0 Å². The standard InChI is InChI=1S/C20H22N2O3/c1-21-19(23)15-11-13-22(14-12-15)20(24)16-7-9-18(10-8-16)25-17-5-3-2-4-6-17/h2-10,15H,11-14H2,1H3,(H,21,23). The predicted molar refractivity (Wildman–Crippen MR) is 95.7 cm³/mol. The fourth-order valence-corrected chi connectivity index (χ4v) is 3.02. The van der Waals surface area contributed by atoms with Crippen LogP contribution in [0, 0.1) is 5.92 Å². The van der Waals surface area contributed by atoms with E-state index < -0.39 is 0 Å². The monoisotopic (exact) mass is 338 g/mol. The Morgan fingerprint density at radius 2 is 1.56 bits per heavy atom. The van der Waals surface area contributed by atoms with Crippen LogP contribution in [0.4, 0.5) is 0 Å². The molecule has 1 heterocycles. The molecule has 0 atom stereocenters. The minimum Gasteiger partial charge on any atom is -0.457 e. The second-order valence-corrected chi connectivity index (χ2v) is 6.12. The van der Waals surface area contributed by atoms with E-state index in [9.17, 15) is 9.59 Å². The first-order valence-corrected chi connectivity index (χ1v) is 8.51. The number of para-hydroxylation sites is 1. The van der Waals surface area contributed by atoms with Crippen molar-refractivity contribution in [3.8, 4) is 11.5 Å². The van der Waals surface area contributed by atoms with Crippen LogP contribution in [0.2, 0.25) is 0 Å². The predicted octanol–water partition coefficient (Wildman–Crippen LogP) is 3.08. The molecule has 1 aliphatic rings. The minimum absolute atomic E-state index is 0.00150. The van der Waals surface area contributed by atoms with Gasteiger partial charge in [0.05, 0.1) is 0 Å². The quantitative estimate of drug-likeness (QED) is 0.932. The van der Waals surface area contributed by atoms with Crippen LogP contribution < -0.4 is 10.1 Å². The van der Waals surface area contributed by atoms with Crippen molar-refractivity contribution in [1.82, 2.24) is 10.2 Å². The van der Waals surface area contributed by atoms with E-state index in [0.717, 1.165) is 5.75 Å². The third-order valence-corrected chi connectivity index (χ3v) is 4.48. The highest BCUT2D eigenvalue weighted by Crippen LogP contribution is 2.23. The molecule has 0 bridgehead atoms. The first kappa shape index (κ1) is 17.0. The van der Waals surface area contributed by atoms with Crippen LogP contribution in [-0.4, -0.2) is 36.9 Å². The van der Waals surface area contributed by atoms with Crippen molar-refractivity contribution in [2.75, 3.05) is 20.1 Å². The van der Waals surface area contributed by atoms with Crippen LogP contribution in [0.5, 0.6) is 11.5 Å². The fourth-order valence-electron chi connectivity index (χ4n) is 3.02. The van der Waals surface area contributed by atoms with E-state index in [1.54, 1.807) is 31.3 Å². The van der Waals surface area contributed by atoms with Gasteiger partial charge >= 0.3 is 0 Å². The molecule has 2 aromatic rings. The average molecular weight is 338 g/mol. The summed E-state index contributed by atoms with van der Waals surface area (Å²) in [6, 6.07) is 16.7. The van der Waals surface area contributed by atoms with E-state index in [0.29, 0.717) is 37.2 Å². The van der Waals surface area contributed by atoms with Gasteiger partial charge < -0.3 is 15.0 Å². The van der Waals surface area contributed by atoms with Crippen LogP contribution >= 0.6 is 0 Å². The maximum atomic E-state index is 12.6. The lowest BCUT2D eigenvalue weighted by atomic mass is 9.95. The molecule has 0 radical (unpaired) electrons. The lowest BCUT2D eigenvalue weighted by Gasteiger charge is -2.31. The van der Waals surface area contributed by atoms with E-state index in [1.807, 2.05) is 35.2 Å². The SMILES string of the molecule is CNC(=O)C1CCN(C(=O)c2ccc(Oc3ccccc3)cc2)CC1. The largest absolute Gasteiger partial charge is 0.457 e. The first-order valence-electron chi connectivity index (χ1n) is 8.51. The molecule has 2 aromatic carbocycles. The van der Waals surface area contributed by atoms with E-state index in [2.05, 4.69) is 5.32 Å². The van der Waals surface area contributed by atoms with Crippen molar-refractivity contribution in [3.63, 3.8) is 0 Å². The molecule has 130 valence electrons. The summed E-state index contributed by atoms with van der Waals surface area (Å²) in [5.41, 5.74) is 0.638. The Morgan fingerprint density at radius 1 is 0.960 bits per heavy atom. The molecule has 0 saturated carbocycles. The van der Waals surface area contributed by atoms with Crippen LogP contribution in [0.3, 0.4) is 0 Å². The molecule has 0 aromatic heterocycles. The number of piperidine rings is 1. The molecule has 5 heteroatoms. The number of hydrogen-bond acceptors (Lipinski definition) is 3. The third-order valence-electron chi connectivity index (χ3n) is 4.48. The Kier molecular flexibility index (Phi) is 5.33. The molecule has 1 fully saturated rings. The molecule has 3 rings (SSSR count). The average Bonchev–Trinajstić information content (AvgIpc) is 2.68. The molecule has 1 saturated heterocycles. The van der Waals surface area contributed by atoms with Gasteiger partial charge in [0.1, 0.15) is 11.5 Å². The number of hydrogen-bond donors (Lipinski definition) is 1. The molecule has 5 nitrogen and oxygen atoms in total. The molecule has 25 heavy (non-hydrogen) atoms. The summed E-state index contributed by atoms with van der Waals surface area (Å²) < 4.78 is 5.74. The summed E-state index contributed by atoms with van der Waals surface area (Å²) in [7, 11) is 1.65. The molecular weight excluding hydrogens is 316 g/mol. The van der Waals surface area contributed by atoms with Gasteiger partial charge in [0.2, 0.25) is 5.91 Å². The number of nitrogens with zero attached hydrogens (tertiary/aromatic N) is 1. The number of nitrogens with one attached hydrogen (secondary N) is 1. The molecule has 2 amide bonds. The highest BCUT2D eigenvalue weighted by molar-refractivity contribution is 5.94. The van der Waals surface area contributed by atoms with E-state index in [4.69, 9.17) is 4.74 Å². The van der Waals surface area contributed by atoms with E-state index in [-0.39, 0.29) is 17.7 Å². The van der Waals surface area contributed by atoms with Crippen LogP contribution in [-0.2, 0) is 4.79 Å². The summed E-state index contributed by atoms with van der Waals surface area (Å²) in [5, 5.41) is 2.68. The maximum absolute atomic E-state index is 12.6. The number of carbonyl (C=O) groups excluding carboxylic acids is 2. The lowest BCUT2D eigenvalue weighted by Crippen LogP contribution is -2.42. The Labute approximate surface area is 147 Å². The zero-order chi connectivity index (χ0) is 17.6. The third kappa shape index (κ3) is 4.18. The molecule has 1 N–H and O–H groups in total. The second-order valence-electron chi connectivity index (χ2n) is 6.12. The summed E-state index contributed by atoms with van der Waals surface area (Å²) >= 11 is 0. The Balaban J connectivity index is 1.59. The van der Waals surface area contributed by atoms with E-state index in [1.165, 1.54) is 0 Å². The van der Waals surface area contributed by atoms with Crippen molar-refractivity contribution in [2.45, 2.75) is 12.8 Å². The highest BCUT2D eigenvalue weighted by atomic mass is 16.5. The maximum Gasteiger partial charge on any atom is 0.253 e. The van der Waals surface area contributed by atoms with Gasteiger partial charge in [-0.1, -0.05) is 18.2 Å². The molecule has 1 aliphatic heterocycles. The van der Waals surface area contributed by atoms with Gasteiger partial charge in [-0.25, -0.2) is 0 Å². The Morgan fingerprint density at radius 3 is 2.16 bits per heavy atom. The van der Waals surface area contributed by atoms with Crippen LogP contribution in [0.15, 0.2) is 54.6 Å². The highest BCUT2D eigenvalue weighted by Gasteiger charge is 2.27. The van der Waals surface area contributed by atoms with Crippen molar-refractivity contribution >= 4 is 11.8 Å². The number of benzene rings is 2. The Bertz CT molecular complexity index is 720. The number of rotatable bonds is 4. The van der Waals surface area contributed by atoms with Crippen molar-refractivity contribution in [3.05, 3.63) is 60.2 Å². The number of carbonyl (C=O) groups is 2. The summed E-state index contributed by atoms with van der Waals surface area (Å²) in [5.74, 6) is 1.53. The van der Waals surface area contributed by atoms with Crippen LogP contribution in [0.25, 0.3) is 0 Å². The molecule has 0 aliphatic carbocycles. The summed E-state index contributed by atoms with van der Waals surface area (Å²) in [6.07, 6.45) is 1.42. The van der Waals surface area contributed by atoms with Crippen molar-refractivity contribution in [1.29, 1.82) is 0 Å². The smallest absolute Gasteiger partial charge is 0.253 e. The summed E-state index contributed by atoms with van der Waals surface area (Å²) in [4.78, 5) is 26.1. The number of ether oxygens (including phenoxy) is 1. The number of likely N-dealkylation sites (tertiary alicyclic amines) is 1. The van der Waals surface area contributed by atoms with Gasteiger partial charge in [-0.05, 0) is 49.2 Å². The lowest BCUT2D eigenvalue weighted by molar-refractivity contribution is -0.125. The Hall–Kier alpha value is -2.82. The fraction of sp³-hybridized carbons (Fsp3) is 0.300. The van der Waals surface area contributed by atoms with Gasteiger partial charge in [0.15, 0.2) is 0 Å². The zero-order valence-corrected chi connectivity index (χ0v) is 14.3. The van der Waals surface area contributed by atoms with Gasteiger partial charge in [0.25, 0.3) is 5.91 Å². The van der Waals surface area contributed by atoms with Gasteiger partial charge in [0, 0.05) is 31.6 Å². The van der Waals surface area contributed by atoms with E-state index >= 15 is 0 Å². The number of amides is 2. The molecular formula is C20H22N2O3. The van der Waals surface area contributed by atoms with Crippen molar-refractivity contribution in [2.24, 2.45) is 5.92 Å². The minimum atomic E-state index is 0.00150. The van der Waals surface area contributed by atoms with Gasteiger partial charge in [-0.3, -0.25) is 9.59 Å². The molecule has 0 unspecified atom stereocenters. The van der Waals surface area contributed by atoms with Crippen molar-refractivity contribution < 1.29 is 14.3 Å². The first-order chi connectivity index (χ1) is 12.2. The zero-order valence-electron chi connectivity index (χ0n) is 14.3. The summed E-state index contributed by atoms with van der Waals surface area (Å²) in [6.45, 7) is 1.22. The molecule has 0 spiro atoms. The van der Waals surface area contributed by atoms with Crippen LogP contribution in [0.1, 0.15) is 23.2 Å². The van der Waals surface area contributed by atoms with Gasteiger partial charge in [-0.2, -0.15) is 0 Å². The normalized spacial score (nSPS) is 14.8.